The van der Waals surface area contributed by atoms with Crippen LogP contribution in [0.15, 0.2) is 58.8 Å². The molecule has 0 radical (unpaired) electrons. The topological polar surface area (TPSA) is 85.8 Å². The Bertz CT molecular complexity index is 1060. The molecule has 3 aromatic heterocycles. The van der Waals surface area contributed by atoms with Gasteiger partial charge < -0.3 is 14.4 Å². The summed E-state index contributed by atoms with van der Waals surface area (Å²) >= 11 is 7.61. The Morgan fingerprint density at radius 3 is 2.96 bits per heavy atom. The summed E-state index contributed by atoms with van der Waals surface area (Å²) in [5.41, 5.74) is 1.41. The summed E-state index contributed by atoms with van der Waals surface area (Å²) in [5, 5.41) is 9.36. The van der Waals surface area contributed by atoms with Crippen molar-refractivity contribution in [2.75, 3.05) is 0 Å². The van der Waals surface area contributed by atoms with Crippen LogP contribution in [0.5, 0.6) is 0 Å². The van der Waals surface area contributed by atoms with Crippen molar-refractivity contribution in [2.45, 2.75) is 13.1 Å². The lowest BCUT2D eigenvalue weighted by atomic mass is 10.2. The molecule has 7 nitrogen and oxygen atoms in total. The minimum Gasteiger partial charge on any atom is -0.350 e. The predicted molar refractivity (Wildman–Crippen MR) is 102 cm³/mol. The minimum absolute atomic E-state index is 0.132. The Morgan fingerprint density at radius 2 is 2.15 bits per heavy atom. The van der Waals surface area contributed by atoms with Gasteiger partial charge in [0.2, 0.25) is 11.7 Å². The average molecular weight is 400 g/mol. The Morgan fingerprint density at radius 1 is 1.26 bits per heavy atom. The number of hydrogen-bond donors (Lipinski definition) is 1. The molecular formula is C18H14ClN5O2S. The van der Waals surface area contributed by atoms with Crippen molar-refractivity contribution in [3.8, 4) is 22.3 Å². The number of amides is 1. The SMILES string of the molecule is O=C(Cn1cnc(-c2noc(-c3cccs3)n2)c1)NCc1ccccc1Cl. The van der Waals surface area contributed by atoms with Crippen LogP contribution >= 0.6 is 22.9 Å². The molecule has 1 N–H and O–H groups in total. The summed E-state index contributed by atoms with van der Waals surface area (Å²) in [7, 11) is 0. The normalized spacial score (nSPS) is 10.9. The van der Waals surface area contributed by atoms with E-state index >= 15 is 0 Å². The van der Waals surface area contributed by atoms with Crippen LogP contribution in [0.2, 0.25) is 5.02 Å². The Labute approximate surface area is 163 Å². The van der Waals surface area contributed by atoms with Crippen molar-refractivity contribution >= 4 is 28.8 Å². The van der Waals surface area contributed by atoms with Crippen LogP contribution in [-0.2, 0) is 17.9 Å². The second kappa shape index (κ2) is 7.73. The molecule has 1 amide bonds. The first-order valence-corrected chi connectivity index (χ1v) is 9.34. The molecular weight excluding hydrogens is 386 g/mol. The van der Waals surface area contributed by atoms with Gasteiger partial charge in [-0.3, -0.25) is 4.79 Å². The number of benzene rings is 1. The van der Waals surface area contributed by atoms with E-state index in [4.69, 9.17) is 16.1 Å². The van der Waals surface area contributed by atoms with Crippen LogP contribution in [-0.4, -0.2) is 25.6 Å². The number of halogens is 1. The van der Waals surface area contributed by atoms with Crippen molar-refractivity contribution in [2.24, 2.45) is 0 Å². The lowest BCUT2D eigenvalue weighted by molar-refractivity contribution is -0.121. The standard InChI is InChI=1S/C18H14ClN5O2S/c19-13-5-2-1-4-12(13)8-20-16(25)10-24-9-14(21-11-24)17-22-18(26-23-17)15-6-3-7-27-15/h1-7,9,11H,8,10H2,(H,20,25). The highest BCUT2D eigenvalue weighted by Crippen LogP contribution is 2.25. The number of aromatic nitrogens is 4. The van der Waals surface area contributed by atoms with Crippen molar-refractivity contribution in [1.29, 1.82) is 0 Å². The zero-order valence-electron chi connectivity index (χ0n) is 14.0. The van der Waals surface area contributed by atoms with Crippen LogP contribution in [0.4, 0.5) is 0 Å². The molecule has 0 atom stereocenters. The molecule has 0 fully saturated rings. The number of carbonyl (C=O) groups excluding carboxylic acids is 1. The zero-order valence-corrected chi connectivity index (χ0v) is 15.6. The largest absolute Gasteiger partial charge is 0.350 e. The van der Waals surface area contributed by atoms with Gasteiger partial charge in [0.25, 0.3) is 5.89 Å². The number of imidazole rings is 1. The quantitative estimate of drug-likeness (QED) is 0.535. The predicted octanol–water partition coefficient (Wildman–Crippen LogP) is 3.63. The van der Waals surface area contributed by atoms with Gasteiger partial charge in [0.1, 0.15) is 12.2 Å². The molecule has 0 aliphatic rings. The number of thiophene rings is 1. The number of carbonyl (C=O) groups is 1. The number of nitrogens with zero attached hydrogens (tertiary/aromatic N) is 4. The molecule has 27 heavy (non-hydrogen) atoms. The van der Waals surface area contributed by atoms with Gasteiger partial charge >= 0.3 is 0 Å². The van der Waals surface area contributed by atoms with E-state index < -0.39 is 0 Å². The van der Waals surface area contributed by atoms with Crippen LogP contribution in [0.3, 0.4) is 0 Å². The summed E-state index contributed by atoms with van der Waals surface area (Å²) < 4.78 is 6.93. The van der Waals surface area contributed by atoms with E-state index in [1.807, 2.05) is 35.7 Å². The number of nitrogens with one attached hydrogen (secondary N) is 1. The molecule has 4 rings (SSSR count). The van der Waals surface area contributed by atoms with Gasteiger partial charge in [0.15, 0.2) is 0 Å². The fraction of sp³-hybridized carbons (Fsp3) is 0.111. The Balaban J connectivity index is 1.38. The summed E-state index contributed by atoms with van der Waals surface area (Å²) in [4.78, 5) is 21.6. The van der Waals surface area contributed by atoms with Gasteiger partial charge in [0, 0.05) is 17.8 Å². The maximum Gasteiger partial charge on any atom is 0.268 e. The molecule has 1 aromatic carbocycles. The summed E-state index contributed by atoms with van der Waals surface area (Å²) in [6.45, 7) is 0.502. The van der Waals surface area contributed by atoms with E-state index in [-0.39, 0.29) is 12.5 Å². The molecule has 4 aromatic rings. The van der Waals surface area contributed by atoms with Gasteiger partial charge in [-0.1, -0.05) is 41.0 Å². The Kier molecular flexibility index (Phi) is 4.99. The number of hydrogen-bond acceptors (Lipinski definition) is 6. The molecule has 0 aliphatic carbocycles. The monoisotopic (exact) mass is 399 g/mol. The van der Waals surface area contributed by atoms with E-state index in [0.29, 0.717) is 29.0 Å². The highest BCUT2D eigenvalue weighted by molar-refractivity contribution is 7.13. The van der Waals surface area contributed by atoms with E-state index in [1.165, 1.54) is 11.3 Å². The van der Waals surface area contributed by atoms with Crippen LogP contribution in [0, 0.1) is 0 Å². The van der Waals surface area contributed by atoms with E-state index in [9.17, 15) is 4.79 Å². The van der Waals surface area contributed by atoms with E-state index in [1.54, 1.807) is 23.2 Å². The summed E-state index contributed by atoms with van der Waals surface area (Å²) in [6, 6.07) is 11.2. The van der Waals surface area contributed by atoms with E-state index in [0.717, 1.165) is 10.4 Å². The zero-order chi connectivity index (χ0) is 18.6. The molecule has 0 unspecified atom stereocenters. The molecule has 0 bridgehead atoms. The van der Waals surface area contributed by atoms with Crippen LogP contribution in [0.1, 0.15) is 5.56 Å². The highest BCUT2D eigenvalue weighted by atomic mass is 35.5. The maximum atomic E-state index is 12.2. The molecule has 0 saturated heterocycles. The third kappa shape index (κ3) is 4.07. The van der Waals surface area contributed by atoms with Crippen molar-refractivity contribution in [1.82, 2.24) is 25.0 Å². The van der Waals surface area contributed by atoms with Gasteiger partial charge in [-0.2, -0.15) is 4.98 Å². The molecule has 9 heteroatoms. The van der Waals surface area contributed by atoms with Gasteiger partial charge in [-0.25, -0.2) is 4.98 Å². The van der Waals surface area contributed by atoms with Gasteiger partial charge in [0.05, 0.1) is 11.2 Å². The third-order valence-electron chi connectivity index (χ3n) is 3.78. The second-order valence-corrected chi connectivity index (χ2v) is 7.05. The lowest BCUT2D eigenvalue weighted by Crippen LogP contribution is -2.26. The number of rotatable bonds is 6. The Hall–Kier alpha value is -2.97. The van der Waals surface area contributed by atoms with Crippen molar-refractivity contribution < 1.29 is 9.32 Å². The maximum absolute atomic E-state index is 12.2. The molecule has 0 aliphatic heterocycles. The average Bonchev–Trinajstić information content (AvgIpc) is 3.41. The second-order valence-electron chi connectivity index (χ2n) is 5.70. The molecule has 136 valence electrons. The van der Waals surface area contributed by atoms with Crippen LogP contribution in [0.25, 0.3) is 22.3 Å². The summed E-state index contributed by atoms with van der Waals surface area (Å²) in [6.07, 6.45) is 3.27. The first kappa shape index (κ1) is 17.4. The first-order chi connectivity index (χ1) is 13.2. The summed E-state index contributed by atoms with van der Waals surface area (Å²) in [5.74, 6) is 0.687. The first-order valence-electron chi connectivity index (χ1n) is 8.09. The third-order valence-corrected chi connectivity index (χ3v) is 5.01. The van der Waals surface area contributed by atoms with E-state index in [2.05, 4.69) is 20.4 Å². The minimum atomic E-state index is -0.147. The molecule has 3 heterocycles. The fourth-order valence-corrected chi connectivity index (χ4v) is 3.29. The molecule has 0 saturated carbocycles. The fourth-order valence-electron chi connectivity index (χ4n) is 2.45. The smallest absolute Gasteiger partial charge is 0.268 e. The lowest BCUT2D eigenvalue weighted by Gasteiger charge is -2.07. The van der Waals surface area contributed by atoms with Gasteiger partial charge in [-0.05, 0) is 23.1 Å². The van der Waals surface area contributed by atoms with Crippen molar-refractivity contribution in [3.05, 3.63) is 64.9 Å². The highest BCUT2D eigenvalue weighted by Gasteiger charge is 2.14. The molecule has 0 spiro atoms. The van der Waals surface area contributed by atoms with Gasteiger partial charge in [-0.15, -0.1) is 11.3 Å². The van der Waals surface area contributed by atoms with Crippen LogP contribution < -0.4 is 5.32 Å². The van der Waals surface area contributed by atoms with Crippen molar-refractivity contribution in [3.63, 3.8) is 0 Å².